The van der Waals surface area contributed by atoms with Crippen LogP contribution in [0.1, 0.15) is 37.8 Å². The summed E-state index contributed by atoms with van der Waals surface area (Å²) in [5, 5.41) is 3.00. The summed E-state index contributed by atoms with van der Waals surface area (Å²) < 4.78 is 0. The molecule has 1 fully saturated rings. The SMILES string of the molecule is CC1CCN(Cc2ccccc2CNC(=O)C(C)CN)CC1.Cl.Cl. The van der Waals surface area contributed by atoms with E-state index in [-0.39, 0.29) is 36.6 Å². The van der Waals surface area contributed by atoms with Gasteiger partial charge in [-0.2, -0.15) is 0 Å². The van der Waals surface area contributed by atoms with E-state index in [1.807, 2.05) is 13.0 Å². The van der Waals surface area contributed by atoms with E-state index in [1.54, 1.807) is 0 Å². The van der Waals surface area contributed by atoms with E-state index in [4.69, 9.17) is 5.73 Å². The van der Waals surface area contributed by atoms with E-state index in [1.165, 1.54) is 37.1 Å². The van der Waals surface area contributed by atoms with Crippen molar-refractivity contribution in [2.24, 2.45) is 17.6 Å². The number of amides is 1. The number of halogens is 2. The number of rotatable bonds is 6. The molecule has 2 rings (SSSR count). The first-order valence-electron chi connectivity index (χ1n) is 8.37. The van der Waals surface area contributed by atoms with E-state index in [2.05, 4.69) is 35.3 Å². The quantitative estimate of drug-likeness (QED) is 0.803. The molecule has 1 saturated heterocycles. The Bertz CT molecular complexity index is 491. The lowest BCUT2D eigenvalue weighted by Gasteiger charge is -2.30. The number of hydrogen-bond acceptors (Lipinski definition) is 3. The second-order valence-corrected chi connectivity index (χ2v) is 6.58. The number of nitrogens with one attached hydrogen (secondary N) is 1. The molecule has 24 heavy (non-hydrogen) atoms. The van der Waals surface area contributed by atoms with Crippen molar-refractivity contribution >= 4 is 30.7 Å². The minimum absolute atomic E-state index is 0. The molecule has 0 spiro atoms. The van der Waals surface area contributed by atoms with Crippen molar-refractivity contribution in [3.05, 3.63) is 35.4 Å². The average Bonchev–Trinajstić information content (AvgIpc) is 2.55. The van der Waals surface area contributed by atoms with Crippen molar-refractivity contribution in [1.82, 2.24) is 10.2 Å². The zero-order chi connectivity index (χ0) is 15.9. The fourth-order valence-electron chi connectivity index (χ4n) is 2.81. The molecule has 3 N–H and O–H groups in total. The van der Waals surface area contributed by atoms with Gasteiger partial charge in [0.15, 0.2) is 0 Å². The lowest BCUT2D eigenvalue weighted by molar-refractivity contribution is -0.124. The molecule has 6 heteroatoms. The van der Waals surface area contributed by atoms with Crippen LogP contribution in [-0.4, -0.2) is 30.4 Å². The molecular formula is C18H31Cl2N3O. The number of hydrogen-bond donors (Lipinski definition) is 2. The molecule has 0 bridgehead atoms. The molecule has 1 aliphatic rings. The minimum Gasteiger partial charge on any atom is -0.352 e. The Kier molecular flexibility index (Phi) is 11.3. The van der Waals surface area contributed by atoms with E-state index in [0.29, 0.717) is 13.1 Å². The second kappa shape index (κ2) is 11.7. The van der Waals surface area contributed by atoms with Crippen molar-refractivity contribution in [3.8, 4) is 0 Å². The molecule has 0 aliphatic carbocycles. The Labute approximate surface area is 158 Å². The zero-order valence-corrected chi connectivity index (χ0v) is 16.3. The van der Waals surface area contributed by atoms with Crippen molar-refractivity contribution < 1.29 is 4.79 Å². The number of likely N-dealkylation sites (tertiary alicyclic amines) is 1. The number of carbonyl (C=O) groups is 1. The van der Waals surface area contributed by atoms with Gasteiger partial charge in [0, 0.05) is 25.6 Å². The molecule has 1 aromatic rings. The molecular weight excluding hydrogens is 345 g/mol. The van der Waals surface area contributed by atoms with Gasteiger partial charge < -0.3 is 11.1 Å². The molecule has 1 amide bonds. The van der Waals surface area contributed by atoms with Crippen LogP contribution in [0.4, 0.5) is 0 Å². The van der Waals surface area contributed by atoms with Gasteiger partial charge in [0.05, 0.1) is 0 Å². The molecule has 0 saturated carbocycles. The van der Waals surface area contributed by atoms with Gasteiger partial charge in [-0.15, -0.1) is 24.8 Å². The van der Waals surface area contributed by atoms with Gasteiger partial charge >= 0.3 is 0 Å². The first kappa shape index (κ1) is 23.2. The standard InChI is InChI=1S/C18H29N3O.2ClH/c1-14-7-9-21(10-8-14)13-17-6-4-3-5-16(17)12-20-18(22)15(2)11-19;;/h3-6,14-15H,7-13,19H2,1-2H3,(H,20,22);2*1H. The summed E-state index contributed by atoms with van der Waals surface area (Å²) in [6.07, 6.45) is 2.57. The van der Waals surface area contributed by atoms with Gasteiger partial charge in [-0.3, -0.25) is 9.69 Å². The molecule has 138 valence electrons. The van der Waals surface area contributed by atoms with Crippen molar-refractivity contribution in [2.75, 3.05) is 19.6 Å². The monoisotopic (exact) mass is 375 g/mol. The highest BCUT2D eigenvalue weighted by Crippen LogP contribution is 2.19. The van der Waals surface area contributed by atoms with Crippen LogP contribution in [0.25, 0.3) is 0 Å². The second-order valence-electron chi connectivity index (χ2n) is 6.58. The molecule has 4 nitrogen and oxygen atoms in total. The highest BCUT2D eigenvalue weighted by atomic mass is 35.5. The maximum absolute atomic E-state index is 11.9. The number of carbonyl (C=O) groups excluding carboxylic acids is 1. The summed E-state index contributed by atoms with van der Waals surface area (Å²) in [5.41, 5.74) is 8.06. The van der Waals surface area contributed by atoms with Gasteiger partial charge in [-0.05, 0) is 43.0 Å². The third kappa shape index (κ3) is 6.98. The minimum atomic E-state index is -0.129. The van der Waals surface area contributed by atoms with Crippen molar-refractivity contribution in [2.45, 2.75) is 39.8 Å². The summed E-state index contributed by atoms with van der Waals surface area (Å²) in [4.78, 5) is 14.4. The highest BCUT2D eigenvalue weighted by Gasteiger charge is 2.17. The van der Waals surface area contributed by atoms with Gasteiger partial charge in [-0.1, -0.05) is 38.1 Å². The lowest BCUT2D eigenvalue weighted by atomic mass is 9.98. The first-order chi connectivity index (χ1) is 10.6. The summed E-state index contributed by atoms with van der Waals surface area (Å²) in [5.74, 6) is 0.753. The average molecular weight is 376 g/mol. The Morgan fingerprint density at radius 3 is 2.42 bits per heavy atom. The fourth-order valence-corrected chi connectivity index (χ4v) is 2.81. The number of nitrogens with zero attached hydrogens (tertiary/aromatic N) is 1. The summed E-state index contributed by atoms with van der Waals surface area (Å²) in [6, 6.07) is 8.40. The summed E-state index contributed by atoms with van der Waals surface area (Å²) >= 11 is 0. The first-order valence-corrected chi connectivity index (χ1v) is 8.37. The van der Waals surface area contributed by atoms with Crippen molar-refractivity contribution in [3.63, 3.8) is 0 Å². The van der Waals surface area contributed by atoms with Crippen LogP contribution >= 0.6 is 24.8 Å². The summed E-state index contributed by atoms with van der Waals surface area (Å²) in [6.45, 7) is 8.49. The lowest BCUT2D eigenvalue weighted by Crippen LogP contribution is -2.34. The molecule has 1 unspecified atom stereocenters. The van der Waals surface area contributed by atoms with E-state index < -0.39 is 0 Å². The normalized spacial score (nSPS) is 16.6. The Hall–Kier alpha value is -0.810. The van der Waals surface area contributed by atoms with E-state index >= 15 is 0 Å². The Morgan fingerprint density at radius 2 is 1.83 bits per heavy atom. The summed E-state index contributed by atoms with van der Waals surface area (Å²) in [7, 11) is 0. The molecule has 1 aliphatic heterocycles. The number of benzene rings is 1. The maximum Gasteiger partial charge on any atom is 0.224 e. The molecule has 0 radical (unpaired) electrons. The van der Waals surface area contributed by atoms with Crippen LogP contribution in [0.5, 0.6) is 0 Å². The van der Waals surface area contributed by atoms with Crippen molar-refractivity contribution in [1.29, 1.82) is 0 Å². The Morgan fingerprint density at radius 1 is 1.25 bits per heavy atom. The molecule has 1 aromatic carbocycles. The van der Waals surface area contributed by atoms with Crippen LogP contribution in [0.15, 0.2) is 24.3 Å². The number of nitrogens with two attached hydrogens (primary N) is 1. The van der Waals surface area contributed by atoms with Gasteiger partial charge in [0.25, 0.3) is 0 Å². The molecule has 0 aromatic heterocycles. The molecule has 1 atom stereocenters. The van der Waals surface area contributed by atoms with Crippen LogP contribution < -0.4 is 11.1 Å². The molecule has 1 heterocycles. The van der Waals surface area contributed by atoms with Gasteiger partial charge in [0.1, 0.15) is 0 Å². The zero-order valence-electron chi connectivity index (χ0n) is 14.7. The largest absolute Gasteiger partial charge is 0.352 e. The van der Waals surface area contributed by atoms with E-state index in [0.717, 1.165) is 12.5 Å². The predicted molar refractivity (Wildman–Crippen MR) is 105 cm³/mol. The van der Waals surface area contributed by atoms with Crippen LogP contribution in [-0.2, 0) is 17.9 Å². The smallest absolute Gasteiger partial charge is 0.224 e. The third-order valence-electron chi connectivity index (χ3n) is 4.64. The van der Waals surface area contributed by atoms with Crippen LogP contribution in [0.2, 0.25) is 0 Å². The maximum atomic E-state index is 11.9. The Balaban J connectivity index is 0.00000264. The van der Waals surface area contributed by atoms with E-state index in [9.17, 15) is 4.79 Å². The fraction of sp³-hybridized carbons (Fsp3) is 0.611. The van der Waals surface area contributed by atoms with Crippen LogP contribution in [0, 0.1) is 11.8 Å². The van der Waals surface area contributed by atoms with Gasteiger partial charge in [-0.25, -0.2) is 0 Å². The number of piperidine rings is 1. The van der Waals surface area contributed by atoms with Crippen LogP contribution in [0.3, 0.4) is 0 Å². The highest BCUT2D eigenvalue weighted by molar-refractivity contribution is 5.85. The topological polar surface area (TPSA) is 58.4 Å². The predicted octanol–water partition coefficient (Wildman–Crippen LogP) is 2.97. The third-order valence-corrected chi connectivity index (χ3v) is 4.64. The van der Waals surface area contributed by atoms with Gasteiger partial charge in [0.2, 0.25) is 5.91 Å².